The van der Waals surface area contributed by atoms with Crippen LogP contribution in [0.5, 0.6) is 0 Å². The molecule has 1 amide bonds. The van der Waals surface area contributed by atoms with Gasteiger partial charge in [0.1, 0.15) is 11.4 Å². The van der Waals surface area contributed by atoms with Crippen molar-refractivity contribution in [3.05, 3.63) is 29.3 Å². The highest BCUT2D eigenvalue weighted by Crippen LogP contribution is 2.25. The van der Waals surface area contributed by atoms with E-state index in [0.717, 1.165) is 23.4 Å². The highest BCUT2D eigenvalue weighted by Gasteiger charge is 2.32. The summed E-state index contributed by atoms with van der Waals surface area (Å²) >= 11 is 1.60. The van der Waals surface area contributed by atoms with Crippen LogP contribution in [0.4, 0.5) is 0 Å². The van der Waals surface area contributed by atoms with Gasteiger partial charge in [-0.25, -0.2) is 0 Å². The predicted molar refractivity (Wildman–Crippen MR) is 100 cm³/mol. The number of esters is 1. The van der Waals surface area contributed by atoms with Gasteiger partial charge in [-0.05, 0) is 37.4 Å². The Hall–Kier alpha value is -2.19. The molecule has 1 aliphatic rings. The molecule has 0 radical (unpaired) electrons. The van der Waals surface area contributed by atoms with Crippen molar-refractivity contribution in [3.63, 3.8) is 0 Å². The summed E-state index contributed by atoms with van der Waals surface area (Å²) in [6, 6.07) is 6.17. The zero-order valence-corrected chi connectivity index (χ0v) is 16.1. The molecule has 0 unspecified atom stereocenters. The highest BCUT2D eigenvalue weighted by atomic mass is 32.1. The third-order valence-electron chi connectivity index (χ3n) is 5.00. The summed E-state index contributed by atoms with van der Waals surface area (Å²) in [5.41, 5.74) is 1.35. The van der Waals surface area contributed by atoms with Gasteiger partial charge in [0.25, 0.3) is 5.91 Å². The lowest BCUT2D eigenvalue weighted by Crippen LogP contribution is -2.41. The molecule has 26 heavy (non-hydrogen) atoms. The molecule has 3 heterocycles. The second kappa shape index (κ2) is 8.01. The Kier molecular flexibility index (Phi) is 5.73. The second-order valence-corrected chi connectivity index (χ2v) is 7.50. The molecule has 0 aromatic carbocycles. The number of hydrogen-bond acceptors (Lipinski definition) is 6. The second-order valence-electron chi connectivity index (χ2n) is 6.56. The number of aryl methyl sites for hydroxylation is 1. The van der Waals surface area contributed by atoms with Crippen LogP contribution in [-0.4, -0.2) is 59.3 Å². The summed E-state index contributed by atoms with van der Waals surface area (Å²) < 4.78 is 6.37. The number of aromatic nitrogens is 2. The maximum absolute atomic E-state index is 12.6. The first kappa shape index (κ1) is 18.6. The van der Waals surface area contributed by atoms with Gasteiger partial charge in [0.05, 0.1) is 18.4 Å². The minimum absolute atomic E-state index is 0.132. The van der Waals surface area contributed by atoms with E-state index in [1.165, 1.54) is 7.11 Å². The van der Waals surface area contributed by atoms with Gasteiger partial charge < -0.3 is 10.1 Å². The summed E-state index contributed by atoms with van der Waals surface area (Å²) in [5.74, 6) is -0.324. The lowest BCUT2D eigenvalue weighted by Gasteiger charge is -2.25. The zero-order chi connectivity index (χ0) is 18.7. The van der Waals surface area contributed by atoms with Crippen LogP contribution in [0, 0.1) is 0 Å². The van der Waals surface area contributed by atoms with Gasteiger partial charge >= 0.3 is 5.97 Å². The number of amides is 1. The number of likely N-dealkylation sites (N-methyl/N-ethyl adjacent to an activating group) is 1. The van der Waals surface area contributed by atoms with Crippen LogP contribution in [-0.2, 0) is 16.6 Å². The van der Waals surface area contributed by atoms with Gasteiger partial charge in [0.2, 0.25) is 0 Å². The fraction of sp³-hybridized carbons (Fsp3) is 0.500. The molecule has 0 saturated carbocycles. The quantitative estimate of drug-likeness (QED) is 0.780. The monoisotopic (exact) mass is 376 g/mol. The molecule has 0 spiro atoms. The van der Waals surface area contributed by atoms with E-state index in [-0.39, 0.29) is 24.0 Å². The van der Waals surface area contributed by atoms with Crippen LogP contribution >= 0.6 is 11.3 Å². The number of methoxy groups -OCH3 is 1. The zero-order valence-electron chi connectivity index (χ0n) is 15.3. The molecule has 2 aromatic rings. The molecule has 2 atom stereocenters. The van der Waals surface area contributed by atoms with Crippen molar-refractivity contribution in [3.8, 4) is 10.6 Å². The fourth-order valence-corrected chi connectivity index (χ4v) is 4.06. The molecule has 140 valence electrons. The van der Waals surface area contributed by atoms with E-state index >= 15 is 0 Å². The van der Waals surface area contributed by atoms with Gasteiger partial charge in [-0.3, -0.25) is 19.2 Å². The lowest BCUT2D eigenvalue weighted by atomic mass is 10.1. The van der Waals surface area contributed by atoms with Crippen LogP contribution < -0.4 is 5.32 Å². The largest absolute Gasteiger partial charge is 0.469 e. The molecular weight excluding hydrogens is 352 g/mol. The Morgan fingerprint density at radius 3 is 2.81 bits per heavy atom. The number of carbonyl (C=O) groups is 2. The maximum Gasteiger partial charge on any atom is 0.307 e. The molecule has 0 aliphatic carbocycles. The Labute approximate surface area is 156 Å². The van der Waals surface area contributed by atoms with Crippen LogP contribution in [0.1, 0.15) is 29.8 Å². The van der Waals surface area contributed by atoms with Crippen molar-refractivity contribution in [2.75, 3.05) is 20.7 Å². The average molecular weight is 376 g/mol. The minimum atomic E-state index is -0.192. The van der Waals surface area contributed by atoms with Crippen molar-refractivity contribution in [1.29, 1.82) is 0 Å². The minimum Gasteiger partial charge on any atom is -0.469 e. The number of nitrogens with one attached hydrogen (secondary N) is 1. The van der Waals surface area contributed by atoms with Gasteiger partial charge in [-0.15, -0.1) is 11.3 Å². The molecule has 1 saturated heterocycles. The van der Waals surface area contributed by atoms with E-state index in [2.05, 4.69) is 15.3 Å². The number of likely N-dealkylation sites (tertiary alicyclic amines) is 1. The number of ether oxygens (including phenoxy) is 1. The van der Waals surface area contributed by atoms with E-state index in [0.29, 0.717) is 18.7 Å². The third-order valence-corrected chi connectivity index (χ3v) is 5.89. The van der Waals surface area contributed by atoms with Crippen LogP contribution in [0.2, 0.25) is 0 Å². The Morgan fingerprint density at radius 2 is 2.12 bits per heavy atom. The highest BCUT2D eigenvalue weighted by molar-refractivity contribution is 7.13. The van der Waals surface area contributed by atoms with Gasteiger partial charge in [-0.1, -0.05) is 6.07 Å². The lowest BCUT2D eigenvalue weighted by molar-refractivity contribution is -0.141. The average Bonchev–Trinajstić information content (AvgIpc) is 3.35. The normalized spacial score (nSPS) is 20.3. The summed E-state index contributed by atoms with van der Waals surface area (Å²) in [7, 11) is 5.18. The first-order valence-corrected chi connectivity index (χ1v) is 9.52. The van der Waals surface area contributed by atoms with Crippen LogP contribution in [0.3, 0.4) is 0 Å². The standard InChI is InChI=1S/C18H24N4O3S/c1-21-12(9-17(23)25-3)6-7-13(21)11-19-18(24)15-10-14(20-22(15)2)16-5-4-8-26-16/h4-5,8,10,12-13H,6-7,9,11H2,1-3H3,(H,19,24)/t12-,13+/m1/s1. The van der Waals surface area contributed by atoms with Gasteiger partial charge in [0, 0.05) is 25.7 Å². The summed E-state index contributed by atoms with van der Waals surface area (Å²) in [6.07, 6.45) is 2.27. The van der Waals surface area contributed by atoms with Crippen molar-refractivity contribution in [2.45, 2.75) is 31.3 Å². The molecule has 1 fully saturated rings. The molecule has 7 nitrogen and oxygen atoms in total. The Bertz CT molecular complexity index is 772. The number of thiophene rings is 1. The topological polar surface area (TPSA) is 76.5 Å². The predicted octanol–water partition coefficient (Wildman–Crippen LogP) is 1.90. The van der Waals surface area contributed by atoms with Crippen molar-refractivity contribution in [1.82, 2.24) is 20.0 Å². The molecule has 0 bridgehead atoms. The Morgan fingerprint density at radius 1 is 1.35 bits per heavy atom. The van der Waals surface area contributed by atoms with Crippen LogP contribution in [0.25, 0.3) is 10.6 Å². The van der Waals surface area contributed by atoms with Crippen LogP contribution in [0.15, 0.2) is 23.6 Å². The molecule has 1 N–H and O–H groups in total. The Balaban J connectivity index is 1.57. The summed E-state index contributed by atoms with van der Waals surface area (Å²) in [4.78, 5) is 27.2. The molecule has 8 heteroatoms. The molecule has 2 aromatic heterocycles. The van der Waals surface area contributed by atoms with Gasteiger partial charge in [-0.2, -0.15) is 5.10 Å². The fourth-order valence-electron chi connectivity index (χ4n) is 3.38. The van der Waals surface area contributed by atoms with Gasteiger partial charge in [0.15, 0.2) is 0 Å². The molecule has 3 rings (SSSR count). The SMILES string of the molecule is COC(=O)C[C@H]1CC[C@@H](CNC(=O)c2cc(-c3cccs3)nn2C)N1C. The number of nitrogens with zero attached hydrogens (tertiary/aromatic N) is 3. The van der Waals surface area contributed by atoms with E-state index in [1.807, 2.05) is 30.6 Å². The van der Waals surface area contributed by atoms with E-state index in [1.54, 1.807) is 23.1 Å². The number of hydrogen-bond donors (Lipinski definition) is 1. The molecule has 1 aliphatic heterocycles. The first-order valence-electron chi connectivity index (χ1n) is 8.64. The summed E-state index contributed by atoms with van der Waals surface area (Å²) in [6.45, 7) is 0.548. The van der Waals surface area contributed by atoms with E-state index in [9.17, 15) is 9.59 Å². The summed E-state index contributed by atoms with van der Waals surface area (Å²) in [5, 5.41) is 9.42. The number of rotatable bonds is 6. The van der Waals surface area contributed by atoms with Crippen molar-refractivity contribution >= 4 is 23.2 Å². The smallest absolute Gasteiger partial charge is 0.307 e. The third kappa shape index (κ3) is 3.96. The maximum atomic E-state index is 12.6. The molecular formula is C18H24N4O3S. The number of carbonyl (C=O) groups excluding carboxylic acids is 2. The van der Waals surface area contributed by atoms with Crippen molar-refractivity contribution in [2.24, 2.45) is 7.05 Å². The van der Waals surface area contributed by atoms with E-state index in [4.69, 9.17) is 4.74 Å². The van der Waals surface area contributed by atoms with E-state index < -0.39 is 0 Å². The first-order chi connectivity index (χ1) is 12.5. The van der Waals surface area contributed by atoms with Crippen molar-refractivity contribution < 1.29 is 14.3 Å².